The van der Waals surface area contributed by atoms with E-state index in [0.29, 0.717) is 5.92 Å². The fourth-order valence-corrected chi connectivity index (χ4v) is 2.96. The lowest BCUT2D eigenvalue weighted by Crippen LogP contribution is -2.36. The maximum atomic E-state index is 10.6. The average molecular weight is 239 g/mol. The van der Waals surface area contributed by atoms with Crippen molar-refractivity contribution >= 4 is 23.3 Å². The molecule has 1 saturated heterocycles. The smallest absolute Gasteiger partial charge is 0.160 e. The van der Waals surface area contributed by atoms with Crippen LogP contribution in [-0.4, -0.2) is 33.1 Å². The predicted molar refractivity (Wildman–Crippen MR) is 66.5 cm³/mol. The van der Waals surface area contributed by atoms with E-state index in [9.17, 15) is 4.79 Å². The number of rotatable bonds is 4. The van der Waals surface area contributed by atoms with Gasteiger partial charge in [0.15, 0.2) is 6.29 Å². The number of thiophene rings is 1. The first-order chi connectivity index (χ1) is 7.83. The minimum atomic E-state index is 0.623. The minimum absolute atomic E-state index is 0.623. The van der Waals surface area contributed by atoms with Gasteiger partial charge in [-0.05, 0) is 24.8 Å². The molecular formula is C12H17NO2S. The number of methoxy groups -OCH3 is 1. The number of carbonyl (C=O) groups excluding carboxylic acids is 1. The number of hydrogen-bond donors (Lipinski definition) is 0. The third kappa shape index (κ3) is 2.62. The molecule has 1 unspecified atom stereocenters. The first-order valence-electron chi connectivity index (χ1n) is 5.61. The summed E-state index contributed by atoms with van der Waals surface area (Å²) in [6.45, 7) is 2.97. The SMILES string of the molecule is COCC1CCCN(c2csc(C=O)c2)C1. The second-order valence-electron chi connectivity index (χ2n) is 4.23. The van der Waals surface area contributed by atoms with Crippen LogP contribution in [0.3, 0.4) is 0 Å². The Morgan fingerprint density at radius 3 is 3.25 bits per heavy atom. The van der Waals surface area contributed by atoms with Crippen LogP contribution in [0.2, 0.25) is 0 Å². The zero-order valence-electron chi connectivity index (χ0n) is 9.52. The average Bonchev–Trinajstić information content (AvgIpc) is 2.78. The quantitative estimate of drug-likeness (QED) is 0.756. The summed E-state index contributed by atoms with van der Waals surface area (Å²) in [7, 11) is 1.76. The molecule has 4 heteroatoms. The summed E-state index contributed by atoms with van der Waals surface area (Å²) in [4.78, 5) is 13.8. The van der Waals surface area contributed by atoms with Crippen LogP contribution in [0, 0.1) is 5.92 Å². The van der Waals surface area contributed by atoms with Crippen LogP contribution >= 0.6 is 11.3 Å². The third-order valence-corrected chi connectivity index (χ3v) is 3.85. The summed E-state index contributed by atoms with van der Waals surface area (Å²) in [6, 6.07) is 1.98. The van der Waals surface area contributed by atoms with Gasteiger partial charge in [-0.1, -0.05) is 0 Å². The Morgan fingerprint density at radius 1 is 1.69 bits per heavy atom. The van der Waals surface area contributed by atoms with Gasteiger partial charge < -0.3 is 9.64 Å². The molecule has 0 spiro atoms. The topological polar surface area (TPSA) is 29.5 Å². The molecule has 0 N–H and O–H groups in total. The Bertz CT molecular complexity index is 349. The van der Waals surface area contributed by atoms with Crippen molar-refractivity contribution in [1.82, 2.24) is 0 Å². The van der Waals surface area contributed by atoms with Gasteiger partial charge in [0.1, 0.15) is 0 Å². The van der Waals surface area contributed by atoms with Crippen LogP contribution in [0.25, 0.3) is 0 Å². The molecule has 0 saturated carbocycles. The zero-order valence-corrected chi connectivity index (χ0v) is 10.3. The lowest BCUT2D eigenvalue weighted by atomic mass is 9.99. The second kappa shape index (κ2) is 5.46. The van der Waals surface area contributed by atoms with Gasteiger partial charge in [-0.25, -0.2) is 0 Å². The monoisotopic (exact) mass is 239 g/mol. The van der Waals surface area contributed by atoms with E-state index in [1.165, 1.54) is 29.9 Å². The van der Waals surface area contributed by atoms with E-state index >= 15 is 0 Å². The predicted octanol–water partition coefficient (Wildman–Crippen LogP) is 2.42. The summed E-state index contributed by atoms with van der Waals surface area (Å²) < 4.78 is 5.21. The highest BCUT2D eigenvalue weighted by molar-refractivity contribution is 7.12. The Balaban J connectivity index is 2.00. The fraction of sp³-hybridized carbons (Fsp3) is 0.583. The molecule has 1 atom stereocenters. The van der Waals surface area contributed by atoms with Crippen LogP contribution in [0.1, 0.15) is 22.5 Å². The van der Waals surface area contributed by atoms with Crippen molar-refractivity contribution in [3.63, 3.8) is 0 Å². The van der Waals surface area contributed by atoms with Crippen molar-refractivity contribution in [3.8, 4) is 0 Å². The molecule has 0 aromatic carbocycles. The highest BCUT2D eigenvalue weighted by Crippen LogP contribution is 2.27. The molecule has 0 radical (unpaired) electrons. The normalized spacial score (nSPS) is 21.1. The first-order valence-corrected chi connectivity index (χ1v) is 6.49. The highest BCUT2D eigenvalue weighted by atomic mass is 32.1. The summed E-state index contributed by atoms with van der Waals surface area (Å²) in [5.74, 6) is 0.623. The van der Waals surface area contributed by atoms with Crippen LogP contribution in [-0.2, 0) is 4.74 Å². The van der Waals surface area contributed by atoms with Crippen molar-refractivity contribution in [2.75, 3.05) is 31.7 Å². The molecule has 0 aliphatic carbocycles. The van der Waals surface area contributed by atoms with Crippen LogP contribution in [0.5, 0.6) is 0 Å². The second-order valence-corrected chi connectivity index (χ2v) is 5.18. The van der Waals surface area contributed by atoms with Crippen molar-refractivity contribution in [3.05, 3.63) is 16.3 Å². The van der Waals surface area contributed by atoms with Gasteiger partial charge in [0, 0.05) is 31.3 Å². The van der Waals surface area contributed by atoms with E-state index in [1.807, 2.05) is 6.07 Å². The summed E-state index contributed by atoms with van der Waals surface area (Å²) in [5, 5.41) is 2.07. The minimum Gasteiger partial charge on any atom is -0.384 e. The summed E-state index contributed by atoms with van der Waals surface area (Å²) in [5.41, 5.74) is 1.19. The van der Waals surface area contributed by atoms with Crippen LogP contribution in [0.4, 0.5) is 5.69 Å². The molecule has 1 aromatic heterocycles. The molecule has 88 valence electrons. The molecule has 1 aliphatic rings. The first kappa shape index (κ1) is 11.6. The molecule has 2 heterocycles. The maximum absolute atomic E-state index is 10.6. The van der Waals surface area contributed by atoms with Crippen molar-refractivity contribution in [2.24, 2.45) is 5.92 Å². The fourth-order valence-electron chi connectivity index (χ4n) is 2.24. The molecule has 1 fully saturated rings. The van der Waals surface area contributed by atoms with Gasteiger partial charge in [0.05, 0.1) is 11.5 Å². The number of aldehydes is 1. The van der Waals surface area contributed by atoms with Gasteiger partial charge in [-0.3, -0.25) is 4.79 Å². The number of ether oxygens (including phenoxy) is 1. The molecule has 1 aliphatic heterocycles. The van der Waals surface area contributed by atoms with Crippen molar-refractivity contribution in [2.45, 2.75) is 12.8 Å². The Hall–Kier alpha value is -0.870. The van der Waals surface area contributed by atoms with Gasteiger partial charge in [0.2, 0.25) is 0 Å². The van der Waals surface area contributed by atoms with E-state index in [-0.39, 0.29) is 0 Å². The molecule has 0 bridgehead atoms. The molecular weight excluding hydrogens is 222 g/mol. The number of carbonyl (C=O) groups is 1. The van der Waals surface area contributed by atoms with Crippen molar-refractivity contribution < 1.29 is 9.53 Å². The summed E-state index contributed by atoms with van der Waals surface area (Å²) in [6.07, 6.45) is 3.38. The van der Waals surface area contributed by atoms with Gasteiger partial charge in [0.25, 0.3) is 0 Å². The third-order valence-electron chi connectivity index (χ3n) is 3.01. The largest absolute Gasteiger partial charge is 0.384 e. The Morgan fingerprint density at radius 2 is 2.56 bits per heavy atom. The van der Waals surface area contributed by atoms with Gasteiger partial charge in [-0.15, -0.1) is 11.3 Å². The molecule has 1 aromatic rings. The standard InChI is InChI=1S/C12H17NO2S/c1-15-8-10-3-2-4-13(6-10)11-5-12(7-14)16-9-11/h5,7,9-10H,2-4,6,8H2,1H3. The lowest BCUT2D eigenvalue weighted by molar-refractivity contribution is 0.112. The molecule has 0 amide bonds. The number of anilines is 1. The highest BCUT2D eigenvalue weighted by Gasteiger charge is 2.20. The van der Waals surface area contributed by atoms with Crippen LogP contribution < -0.4 is 4.90 Å². The van der Waals surface area contributed by atoms with Gasteiger partial charge in [-0.2, -0.15) is 0 Å². The molecule has 2 rings (SSSR count). The summed E-state index contributed by atoms with van der Waals surface area (Å²) >= 11 is 1.52. The van der Waals surface area contributed by atoms with E-state index < -0.39 is 0 Å². The van der Waals surface area contributed by atoms with Gasteiger partial charge >= 0.3 is 0 Å². The van der Waals surface area contributed by atoms with E-state index in [0.717, 1.165) is 30.9 Å². The number of hydrogen-bond acceptors (Lipinski definition) is 4. The Kier molecular flexibility index (Phi) is 3.96. The number of piperidine rings is 1. The van der Waals surface area contributed by atoms with Crippen molar-refractivity contribution in [1.29, 1.82) is 0 Å². The molecule has 3 nitrogen and oxygen atoms in total. The lowest BCUT2D eigenvalue weighted by Gasteiger charge is -2.33. The number of nitrogens with zero attached hydrogens (tertiary/aromatic N) is 1. The zero-order chi connectivity index (χ0) is 11.4. The van der Waals surface area contributed by atoms with Crippen LogP contribution in [0.15, 0.2) is 11.4 Å². The maximum Gasteiger partial charge on any atom is 0.160 e. The van der Waals surface area contributed by atoms with E-state index in [1.54, 1.807) is 7.11 Å². The van der Waals surface area contributed by atoms with E-state index in [2.05, 4.69) is 10.3 Å². The molecule has 16 heavy (non-hydrogen) atoms. The Labute approximate surface area is 100 Å². The van der Waals surface area contributed by atoms with E-state index in [4.69, 9.17) is 4.74 Å².